The van der Waals surface area contributed by atoms with Crippen molar-refractivity contribution < 1.29 is 0 Å². The molecule has 0 spiro atoms. The molecular weight excluding hydrogens is 218 g/mol. The van der Waals surface area contributed by atoms with Crippen molar-refractivity contribution in [3.63, 3.8) is 0 Å². The fraction of sp³-hybridized carbons (Fsp3) is 0.778. The number of anilines is 1. The van der Waals surface area contributed by atoms with E-state index in [4.69, 9.17) is 11.6 Å². The summed E-state index contributed by atoms with van der Waals surface area (Å²) in [4.78, 5) is 4.44. The number of halogens is 1. The van der Waals surface area contributed by atoms with Gasteiger partial charge in [0.05, 0.1) is 0 Å². The Kier molecular flexibility index (Phi) is 2.66. The number of rotatable bonds is 4. The maximum Gasteiger partial charge on any atom is 0.203 e. The predicted octanol–water partition coefficient (Wildman–Crippen LogP) is 2.84. The van der Waals surface area contributed by atoms with Crippen LogP contribution in [0.2, 0.25) is 0 Å². The molecule has 1 heterocycles. The highest BCUT2D eigenvalue weighted by Crippen LogP contribution is 2.39. The van der Waals surface area contributed by atoms with Gasteiger partial charge in [0.2, 0.25) is 5.13 Å². The predicted molar refractivity (Wildman–Crippen MR) is 60.3 cm³/mol. The lowest BCUT2D eigenvalue weighted by Gasteiger charge is -2.22. The second kappa shape index (κ2) is 3.66. The second-order valence-electron chi connectivity index (χ2n) is 4.37. The molecule has 5 heteroatoms. The molecule has 0 radical (unpaired) electrons. The first kappa shape index (κ1) is 10.2. The number of hydrogen-bond acceptors (Lipinski definition) is 4. The summed E-state index contributed by atoms with van der Waals surface area (Å²) in [6.45, 7) is 4.11. The molecule has 1 N–H and O–H groups in total. The van der Waals surface area contributed by atoms with Gasteiger partial charge in [0.25, 0.3) is 0 Å². The van der Waals surface area contributed by atoms with Crippen molar-refractivity contribution in [3.05, 3.63) is 5.82 Å². The van der Waals surface area contributed by atoms with Crippen LogP contribution in [-0.2, 0) is 0 Å². The molecule has 0 atom stereocenters. The minimum atomic E-state index is -0.109. The lowest BCUT2D eigenvalue weighted by Crippen LogP contribution is -2.32. The van der Waals surface area contributed by atoms with E-state index in [1.807, 2.05) is 0 Å². The molecule has 0 aromatic carbocycles. The van der Waals surface area contributed by atoms with Crippen molar-refractivity contribution in [1.82, 2.24) is 9.36 Å². The first-order valence-electron chi connectivity index (χ1n) is 4.78. The van der Waals surface area contributed by atoms with Crippen LogP contribution in [0.1, 0.15) is 38.4 Å². The van der Waals surface area contributed by atoms with E-state index in [0.717, 1.165) is 11.0 Å². The quantitative estimate of drug-likeness (QED) is 0.810. The average Bonchev–Trinajstić information content (AvgIpc) is 2.89. The Morgan fingerprint density at radius 2 is 2.29 bits per heavy atom. The van der Waals surface area contributed by atoms with Crippen LogP contribution in [0.5, 0.6) is 0 Å². The SMILES string of the molecule is CC(C)(CCl)Nc1nc(C2CC2)ns1. The van der Waals surface area contributed by atoms with Crippen LogP contribution in [0.15, 0.2) is 0 Å². The van der Waals surface area contributed by atoms with E-state index >= 15 is 0 Å². The van der Waals surface area contributed by atoms with Gasteiger partial charge in [-0.15, -0.1) is 11.6 Å². The molecular formula is C9H14ClN3S. The molecule has 2 rings (SSSR count). The fourth-order valence-electron chi connectivity index (χ4n) is 1.12. The van der Waals surface area contributed by atoms with Crippen molar-refractivity contribution in [1.29, 1.82) is 0 Å². The van der Waals surface area contributed by atoms with Gasteiger partial charge < -0.3 is 5.32 Å². The second-order valence-corrected chi connectivity index (χ2v) is 5.39. The summed E-state index contributed by atoms with van der Waals surface area (Å²) >= 11 is 7.25. The summed E-state index contributed by atoms with van der Waals surface area (Å²) in [7, 11) is 0. The van der Waals surface area contributed by atoms with Gasteiger partial charge in [0, 0.05) is 28.9 Å². The highest BCUT2D eigenvalue weighted by molar-refractivity contribution is 7.09. The number of alkyl halides is 1. The molecule has 0 amide bonds. The van der Waals surface area contributed by atoms with E-state index in [-0.39, 0.29) is 5.54 Å². The van der Waals surface area contributed by atoms with Crippen LogP contribution in [0.3, 0.4) is 0 Å². The molecule has 0 unspecified atom stereocenters. The zero-order chi connectivity index (χ0) is 10.2. The lowest BCUT2D eigenvalue weighted by atomic mass is 10.1. The van der Waals surface area contributed by atoms with Gasteiger partial charge in [-0.05, 0) is 26.7 Å². The van der Waals surface area contributed by atoms with Crippen molar-refractivity contribution >= 4 is 28.3 Å². The Hall–Kier alpha value is -0.350. The van der Waals surface area contributed by atoms with Crippen molar-refractivity contribution in [2.75, 3.05) is 11.2 Å². The summed E-state index contributed by atoms with van der Waals surface area (Å²) in [5.74, 6) is 2.19. The molecule has 0 aliphatic heterocycles. The molecule has 3 nitrogen and oxygen atoms in total. The molecule has 1 aromatic heterocycles. The van der Waals surface area contributed by atoms with Crippen LogP contribution >= 0.6 is 23.1 Å². The van der Waals surface area contributed by atoms with Crippen molar-refractivity contribution in [2.24, 2.45) is 0 Å². The van der Waals surface area contributed by atoms with Gasteiger partial charge in [-0.25, -0.2) is 4.98 Å². The summed E-state index contributed by atoms with van der Waals surface area (Å²) in [6.07, 6.45) is 2.49. The highest BCUT2D eigenvalue weighted by Gasteiger charge is 2.28. The molecule has 78 valence electrons. The van der Waals surface area contributed by atoms with E-state index < -0.39 is 0 Å². The summed E-state index contributed by atoms with van der Waals surface area (Å²) < 4.78 is 4.32. The Balaban J connectivity index is 2.02. The molecule has 0 bridgehead atoms. The molecule has 14 heavy (non-hydrogen) atoms. The van der Waals surface area contributed by atoms with E-state index in [1.54, 1.807) is 0 Å². The molecule has 0 saturated heterocycles. The van der Waals surface area contributed by atoms with Crippen molar-refractivity contribution in [3.8, 4) is 0 Å². The van der Waals surface area contributed by atoms with Crippen LogP contribution in [-0.4, -0.2) is 20.8 Å². The number of aromatic nitrogens is 2. The zero-order valence-corrected chi connectivity index (χ0v) is 9.95. The minimum absolute atomic E-state index is 0.109. The molecule has 1 aliphatic carbocycles. The minimum Gasteiger partial charge on any atom is -0.354 e. The van der Waals surface area contributed by atoms with E-state index in [2.05, 4.69) is 28.5 Å². The van der Waals surface area contributed by atoms with Crippen LogP contribution in [0, 0.1) is 0 Å². The summed E-state index contributed by atoms with van der Waals surface area (Å²) in [5, 5.41) is 4.17. The maximum atomic E-state index is 5.82. The number of nitrogens with one attached hydrogen (secondary N) is 1. The molecule has 1 fully saturated rings. The monoisotopic (exact) mass is 231 g/mol. The van der Waals surface area contributed by atoms with Gasteiger partial charge >= 0.3 is 0 Å². The van der Waals surface area contributed by atoms with Crippen LogP contribution < -0.4 is 5.32 Å². The van der Waals surface area contributed by atoms with Crippen LogP contribution in [0.4, 0.5) is 5.13 Å². The Labute approximate surface area is 93.1 Å². The smallest absolute Gasteiger partial charge is 0.203 e. The average molecular weight is 232 g/mol. The largest absolute Gasteiger partial charge is 0.354 e. The Morgan fingerprint density at radius 3 is 2.86 bits per heavy atom. The van der Waals surface area contributed by atoms with E-state index in [0.29, 0.717) is 11.8 Å². The summed E-state index contributed by atoms with van der Waals surface area (Å²) in [5.41, 5.74) is -0.109. The van der Waals surface area contributed by atoms with Crippen LogP contribution in [0.25, 0.3) is 0 Å². The third-order valence-electron chi connectivity index (χ3n) is 2.16. The zero-order valence-electron chi connectivity index (χ0n) is 8.38. The van der Waals surface area contributed by atoms with Gasteiger partial charge in [0.1, 0.15) is 5.82 Å². The van der Waals surface area contributed by atoms with Crippen molar-refractivity contribution in [2.45, 2.75) is 38.1 Å². The molecule has 1 aromatic rings. The van der Waals surface area contributed by atoms with Gasteiger partial charge in [-0.2, -0.15) is 4.37 Å². The lowest BCUT2D eigenvalue weighted by molar-refractivity contribution is 0.640. The Bertz CT molecular complexity index is 320. The third-order valence-corrected chi connectivity index (χ3v) is 3.48. The highest BCUT2D eigenvalue weighted by atomic mass is 35.5. The van der Waals surface area contributed by atoms with E-state index in [1.165, 1.54) is 24.4 Å². The third kappa shape index (κ3) is 2.36. The number of nitrogens with zero attached hydrogens (tertiary/aromatic N) is 2. The normalized spacial score (nSPS) is 17.1. The standard InChI is InChI=1S/C9H14ClN3S/c1-9(2,5-10)12-8-11-7(13-14-8)6-3-4-6/h6H,3-5H2,1-2H3,(H,11,12,13). The van der Waals surface area contributed by atoms with Gasteiger partial charge in [0.15, 0.2) is 0 Å². The fourth-order valence-corrected chi connectivity index (χ4v) is 2.01. The van der Waals surface area contributed by atoms with Gasteiger partial charge in [-0.3, -0.25) is 0 Å². The molecule has 1 aliphatic rings. The Morgan fingerprint density at radius 1 is 1.57 bits per heavy atom. The van der Waals surface area contributed by atoms with Gasteiger partial charge in [-0.1, -0.05) is 0 Å². The van der Waals surface area contributed by atoms with E-state index in [9.17, 15) is 0 Å². The summed E-state index contributed by atoms with van der Waals surface area (Å²) in [6, 6.07) is 0. The topological polar surface area (TPSA) is 37.8 Å². The maximum absolute atomic E-state index is 5.82. The molecule has 1 saturated carbocycles. The number of hydrogen-bond donors (Lipinski definition) is 1. The first-order chi connectivity index (χ1) is 6.61. The first-order valence-corrected chi connectivity index (χ1v) is 6.09.